The van der Waals surface area contributed by atoms with Crippen molar-refractivity contribution in [1.82, 2.24) is 4.98 Å². The maximum atomic E-state index is 13.0. The first-order chi connectivity index (χ1) is 13.7. The third-order valence-electron chi connectivity index (χ3n) is 4.79. The molecular formula is C22H15BrCl3NO2. The first-order valence-electron chi connectivity index (χ1n) is 8.81. The number of benzene rings is 2. The molecule has 0 radical (unpaired) electrons. The topological polar surface area (TPSA) is 39.2 Å². The van der Waals surface area contributed by atoms with Gasteiger partial charge in [0.05, 0.1) is 16.3 Å². The molecule has 148 valence electrons. The SMILES string of the molecule is CC1(C)Oc2nc(-c3ccc(Cl)cc3Cl)c(-c3ccc(Cl)cc3)cc2C(=O)C1Br. The van der Waals surface area contributed by atoms with E-state index >= 15 is 0 Å². The van der Waals surface area contributed by atoms with Crippen molar-refractivity contribution in [1.29, 1.82) is 0 Å². The van der Waals surface area contributed by atoms with Crippen molar-refractivity contribution >= 4 is 56.5 Å². The van der Waals surface area contributed by atoms with E-state index in [1.165, 1.54) is 0 Å². The van der Waals surface area contributed by atoms with E-state index in [1.807, 2.05) is 32.0 Å². The number of alkyl halides is 1. The van der Waals surface area contributed by atoms with Crippen LogP contribution in [0, 0.1) is 0 Å². The molecule has 1 atom stereocenters. The van der Waals surface area contributed by atoms with Crippen LogP contribution in [-0.2, 0) is 0 Å². The first-order valence-corrected chi connectivity index (χ1v) is 10.9. The molecule has 2 aromatic carbocycles. The minimum atomic E-state index is -0.736. The van der Waals surface area contributed by atoms with Crippen LogP contribution in [0.2, 0.25) is 15.1 Å². The van der Waals surface area contributed by atoms with Gasteiger partial charge in [0, 0.05) is 21.2 Å². The molecule has 0 spiro atoms. The molecule has 0 saturated carbocycles. The van der Waals surface area contributed by atoms with Gasteiger partial charge in [-0.15, -0.1) is 0 Å². The number of pyridine rings is 1. The fourth-order valence-electron chi connectivity index (χ4n) is 3.24. The predicted molar refractivity (Wildman–Crippen MR) is 122 cm³/mol. The van der Waals surface area contributed by atoms with Crippen molar-refractivity contribution in [3.8, 4) is 28.3 Å². The van der Waals surface area contributed by atoms with E-state index in [-0.39, 0.29) is 11.7 Å². The number of ether oxygens (including phenoxy) is 1. The molecule has 0 fully saturated rings. The van der Waals surface area contributed by atoms with Gasteiger partial charge in [0.25, 0.3) is 0 Å². The highest BCUT2D eigenvalue weighted by molar-refractivity contribution is 9.10. The molecule has 0 amide bonds. The average Bonchev–Trinajstić information content (AvgIpc) is 2.66. The van der Waals surface area contributed by atoms with Gasteiger partial charge < -0.3 is 4.74 Å². The number of carbonyl (C=O) groups is 1. The van der Waals surface area contributed by atoms with Crippen molar-refractivity contribution in [3.63, 3.8) is 0 Å². The summed E-state index contributed by atoms with van der Waals surface area (Å²) in [4.78, 5) is 17.2. The molecule has 29 heavy (non-hydrogen) atoms. The number of aromatic nitrogens is 1. The van der Waals surface area contributed by atoms with Crippen LogP contribution in [0.5, 0.6) is 5.88 Å². The summed E-state index contributed by atoms with van der Waals surface area (Å²) in [5, 5.41) is 1.60. The van der Waals surface area contributed by atoms with E-state index in [0.717, 1.165) is 11.1 Å². The Morgan fingerprint density at radius 3 is 2.24 bits per heavy atom. The first kappa shape index (κ1) is 20.7. The van der Waals surface area contributed by atoms with Crippen LogP contribution in [0.3, 0.4) is 0 Å². The van der Waals surface area contributed by atoms with Crippen LogP contribution in [-0.4, -0.2) is 21.2 Å². The Kier molecular flexibility index (Phi) is 5.41. The summed E-state index contributed by atoms with van der Waals surface area (Å²) < 4.78 is 6.07. The van der Waals surface area contributed by atoms with Gasteiger partial charge >= 0.3 is 0 Å². The maximum absolute atomic E-state index is 13.0. The Hall–Kier alpha value is -1.59. The highest BCUT2D eigenvalue weighted by Crippen LogP contribution is 2.43. The van der Waals surface area contributed by atoms with Gasteiger partial charge in [0.1, 0.15) is 10.4 Å². The highest BCUT2D eigenvalue weighted by atomic mass is 79.9. The lowest BCUT2D eigenvalue weighted by Crippen LogP contribution is -2.47. The molecule has 3 nitrogen and oxygen atoms in total. The maximum Gasteiger partial charge on any atom is 0.225 e. The number of nitrogens with zero attached hydrogens (tertiary/aromatic N) is 1. The number of Topliss-reactive ketones (excluding diaryl/α,β-unsaturated/α-hetero) is 1. The van der Waals surface area contributed by atoms with E-state index in [9.17, 15) is 4.79 Å². The van der Waals surface area contributed by atoms with Crippen LogP contribution in [0.25, 0.3) is 22.4 Å². The summed E-state index contributed by atoms with van der Waals surface area (Å²) in [5.74, 6) is 0.210. The standard InChI is InChI=1S/C22H15BrCl3NO2/c1-22(2)20(23)19(28)16-10-15(11-3-5-12(24)6-4-11)18(27-21(16)29-22)14-8-7-13(25)9-17(14)26/h3-10,20H,1-2H3. The Labute approximate surface area is 192 Å². The third kappa shape index (κ3) is 3.79. The van der Waals surface area contributed by atoms with Crippen LogP contribution in [0.15, 0.2) is 48.5 Å². The smallest absolute Gasteiger partial charge is 0.225 e. The van der Waals surface area contributed by atoms with Crippen molar-refractivity contribution in [2.75, 3.05) is 0 Å². The zero-order valence-electron chi connectivity index (χ0n) is 15.5. The van der Waals surface area contributed by atoms with E-state index < -0.39 is 10.4 Å². The Balaban J connectivity index is 2.00. The Morgan fingerprint density at radius 1 is 0.931 bits per heavy atom. The number of rotatable bonds is 2. The predicted octanol–water partition coefficient (Wildman–Crippen LogP) is 7.49. The van der Waals surface area contributed by atoms with Crippen molar-refractivity contribution in [3.05, 3.63) is 69.2 Å². The van der Waals surface area contributed by atoms with Gasteiger partial charge in [-0.3, -0.25) is 4.79 Å². The summed E-state index contributed by atoms with van der Waals surface area (Å²) in [6, 6.07) is 14.4. The molecule has 0 saturated heterocycles. The summed E-state index contributed by atoms with van der Waals surface area (Å²) in [6.07, 6.45) is 0. The minimum Gasteiger partial charge on any atom is -0.469 e. The second-order valence-corrected chi connectivity index (χ2v) is 9.50. The fraction of sp³-hybridized carbons (Fsp3) is 0.182. The molecule has 1 aromatic heterocycles. The molecule has 0 N–H and O–H groups in total. The molecule has 1 aliphatic heterocycles. The molecule has 4 rings (SSSR count). The zero-order chi connectivity index (χ0) is 20.9. The summed E-state index contributed by atoms with van der Waals surface area (Å²) in [7, 11) is 0. The van der Waals surface area contributed by atoms with Crippen molar-refractivity contribution in [2.45, 2.75) is 24.3 Å². The number of ketones is 1. The summed E-state index contributed by atoms with van der Waals surface area (Å²) in [5.41, 5.74) is 2.59. The molecule has 1 unspecified atom stereocenters. The monoisotopic (exact) mass is 509 g/mol. The van der Waals surface area contributed by atoms with E-state index in [1.54, 1.807) is 30.3 Å². The quantitative estimate of drug-likeness (QED) is 0.335. The molecule has 2 heterocycles. The number of hydrogen-bond donors (Lipinski definition) is 0. The lowest BCUT2D eigenvalue weighted by Gasteiger charge is -2.35. The van der Waals surface area contributed by atoms with E-state index in [0.29, 0.717) is 31.9 Å². The molecule has 0 aliphatic carbocycles. The van der Waals surface area contributed by atoms with Crippen molar-refractivity contribution < 1.29 is 9.53 Å². The highest BCUT2D eigenvalue weighted by Gasteiger charge is 2.43. The second kappa shape index (κ2) is 7.59. The Morgan fingerprint density at radius 2 is 1.59 bits per heavy atom. The Bertz CT molecular complexity index is 1130. The van der Waals surface area contributed by atoms with Crippen LogP contribution in [0.4, 0.5) is 0 Å². The van der Waals surface area contributed by atoms with Crippen LogP contribution >= 0.6 is 50.7 Å². The zero-order valence-corrected chi connectivity index (χ0v) is 19.3. The summed E-state index contributed by atoms with van der Waals surface area (Å²) in [6.45, 7) is 3.69. The third-order valence-corrected chi connectivity index (χ3v) is 7.11. The lowest BCUT2D eigenvalue weighted by atomic mass is 9.91. The lowest BCUT2D eigenvalue weighted by molar-refractivity contribution is 0.0641. The normalized spacial score (nSPS) is 17.6. The summed E-state index contributed by atoms with van der Waals surface area (Å²) >= 11 is 22.1. The van der Waals surface area contributed by atoms with Gasteiger partial charge in [0.15, 0.2) is 5.78 Å². The van der Waals surface area contributed by atoms with Gasteiger partial charge in [-0.05, 0) is 55.8 Å². The number of fused-ring (bicyclic) bond motifs is 1. The molecular weight excluding hydrogens is 497 g/mol. The molecule has 7 heteroatoms. The van der Waals surface area contributed by atoms with Crippen LogP contribution < -0.4 is 4.74 Å². The number of hydrogen-bond acceptors (Lipinski definition) is 3. The molecule has 1 aliphatic rings. The van der Waals surface area contributed by atoms with E-state index in [2.05, 4.69) is 15.9 Å². The van der Waals surface area contributed by atoms with Crippen LogP contribution in [0.1, 0.15) is 24.2 Å². The average molecular weight is 512 g/mol. The number of carbonyl (C=O) groups excluding carboxylic acids is 1. The van der Waals surface area contributed by atoms with Gasteiger partial charge in [0.2, 0.25) is 5.88 Å². The molecule has 0 bridgehead atoms. The van der Waals surface area contributed by atoms with Crippen molar-refractivity contribution in [2.24, 2.45) is 0 Å². The molecule has 3 aromatic rings. The fourth-order valence-corrected chi connectivity index (χ4v) is 4.20. The van der Waals surface area contributed by atoms with Gasteiger partial charge in [-0.25, -0.2) is 4.98 Å². The largest absolute Gasteiger partial charge is 0.469 e. The second-order valence-electron chi connectivity index (χ2n) is 7.30. The van der Waals surface area contributed by atoms with E-state index in [4.69, 9.17) is 44.5 Å². The number of halogens is 4. The van der Waals surface area contributed by atoms with Gasteiger partial charge in [-0.2, -0.15) is 0 Å². The van der Waals surface area contributed by atoms with Gasteiger partial charge in [-0.1, -0.05) is 62.9 Å². The minimum absolute atomic E-state index is 0.0762.